The maximum atomic E-state index is 11.5. The van der Waals surface area contributed by atoms with Gasteiger partial charge in [-0.3, -0.25) is 0 Å². The lowest BCUT2D eigenvalue weighted by Crippen LogP contribution is -2.48. The van der Waals surface area contributed by atoms with Gasteiger partial charge in [0, 0.05) is 18.2 Å². The number of sulfone groups is 1. The Bertz CT molecular complexity index is 559. The fourth-order valence-corrected chi connectivity index (χ4v) is 2.96. The highest BCUT2D eigenvalue weighted by Gasteiger charge is 2.25. The Balaban J connectivity index is 2.77. The molecular formula is C15H25NO4S. The molecule has 0 heterocycles. The number of ether oxygens (including phenoxy) is 1. The topological polar surface area (TPSA) is 75.6 Å². The van der Waals surface area contributed by atoms with Crippen molar-refractivity contribution in [3.8, 4) is 5.75 Å². The lowest BCUT2D eigenvalue weighted by Gasteiger charge is -2.31. The standard InChI is InChI=1S/C15H25NO4S/c1-5-16-15(3,11-17)10-12(2)20-13-7-6-8-14(9-13)21(4,18)19/h6-9,12,16-17H,5,10-11H2,1-4H3. The summed E-state index contributed by atoms with van der Waals surface area (Å²) < 4.78 is 28.8. The number of benzene rings is 1. The van der Waals surface area contributed by atoms with Crippen LogP contribution in [-0.4, -0.2) is 44.6 Å². The van der Waals surface area contributed by atoms with Gasteiger partial charge in [0.15, 0.2) is 9.84 Å². The molecule has 0 saturated heterocycles. The zero-order valence-corrected chi connectivity index (χ0v) is 13.9. The Labute approximate surface area is 127 Å². The average Bonchev–Trinajstić information content (AvgIpc) is 2.38. The molecule has 0 aromatic heterocycles. The SMILES string of the molecule is CCNC(C)(CO)CC(C)Oc1cccc(S(C)(=O)=O)c1. The van der Waals surface area contributed by atoms with Crippen LogP contribution >= 0.6 is 0 Å². The van der Waals surface area contributed by atoms with Gasteiger partial charge in [0.2, 0.25) is 0 Å². The first-order chi connectivity index (χ1) is 9.70. The van der Waals surface area contributed by atoms with E-state index in [4.69, 9.17) is 4.74 Å². The molecule has 0 radical (unpaired) electrons. The highest BCUT2D eigenvalue weighted by molar-refractivity contribution is 7.90. The quantitative estimate of drug-likeness (QED) is 0.762. The summed E-state index contributed by atoms with van der Waals surface area (Å²) in [5, 5.41) is 12.7. The monoisotopic (exact) mass is 315 g/mol. The Morgan fingerprint density at radius 2 is 2.10 bits per heavy atom. The third-order valence-corrected chi connectivity index (χ3v) is 4.37. The van der Waals surface area contributed by atoms with Crippen molar-refractivity contribution >= 4 is 9.84 Å². The van der Waals surface area contributed by atoms with Crippen molar-refractivity contribution in [3.63, 3.8) is 0 Å². The van der Waals surface area contributed by atoms with Gasteiger partial charge in [-0.15, -0.1) is 0 Å². The van der Waals surface area contributed by atoms with Crippen LogP contribution in [-0.2, 0) is 9.84 Å². The molecule has 2 unspecified atom stereocenters. The number of hydrogen-bond acceptors (Lipinski definition) is 5. The molecule has 0 amide bonds. The second-order valence-corrected chi connectivity index (χ2v) is 7.64. The first kappa shape index (κ1) is 17.9. The first-order valence-corrected chi connectivity index (χ1v) is 8.92. The summed E-state index contributed by atoms with van der Waals surface area (Å²) in [6, 6.07) is 6.46. The number of aliphatic hydroxyl groups is 1. The summed E-state index contributed by atoms with van der Waals surface area (Å²) in [7, 11) is -3.24. The first-order valence-electron chi connectivity index (χ1n) is 7.03. The molecule has 2 N–H and O–H groups in total. The fourth-order valence-electron chi connectivity index (χ4n) is 2.31. The molecule has 6 heteroatoms. The van der Waals surface area contributed by atoms with E-state index < -0.39 is 15.4 Å². The molecule has 0 bridgehead atoms. The van der Waals surface area contributed by atoms with E-state index in [0.29, 0.717) is 12.2 Å². The highest BCUT2D eigenvalue weighted by atomic mass is 32.2. The van der Waals surface area contributed by atoms with E-state index in [2.05, 4.69) is 5.32 Å². The van der Waals surface area contributed by atoms with Crippen LogP contribution in [0.15, 0.2) is 29.2 Å². The normalized spacial score (nSPS) is 16.2. The molecule has 1 rings (SSSR count). The smallest absolute Gasteiger partial charge is 0.175 e. The van der Waals surface area contributed by atoms with Gasteiger partial charge in [-0.25, -0.2) is 8.42 Å². The Morgan fingerprint density at radius 1 is 1.43 bits per heavy atom. The molecule has 0 aliphatic heterocycles. The molecule has 0 aliphatic carbocycles. The maximum absolute atomic E-state index is 11.5. The molecule has 1 aromatic carbocycles. The van der Waals surface area contributed by atoms with Crippen LogP contribution < -0.4 is 10.1 Å². The predicted octanol–water partition coefficient (Wildman–Crippen LogP) is 1.61. The third-order valence-electron chi connectivity index (χ3n) is 3.26. The van der Waals surface area contributed by atoms with Crippen LogP contribution in [0.2, 0.25) is 0 Å². The molecule has 1 aromatic rings. The molecular weight excluding hydrogens is 290 g/mol. The van der Waals surface area contributed by atoms with Crippen molar-refractivity contribution < 1.29 is 18.3 Å². The van der Waals surface area contributed by atoms with Gasteiger partial charge in [0.05, 0.1) is 17.6 Å². The fraction of sp³-hybridized carbons (Fsp3) is 0.600. The molecule has 0 spiro atoms. The minimum absolute atomic E-state index is 0.0118. The summed E-state index contributed by atoms with van der Waals surface area (Å²) >= 11 is 0. The van der Waals surface area contributed by atoms with E-state index in [0.717, 1.165) is 6.54 Å². The highest BCUT2D eigenvalue weighted by Crippen LogP contribution is 2.21. The second-order valence-electron chi connectivity index (χ2n) is 5.63. The van der Waals surface area contributed by atoms with E-state index in [9.17, 15) is 13.5 Å². The zero-order chi connectivity index (χ0) is 16.1. The second kappa shape index (κ2) is 7.24. The zero-order valence-electron chi connectivity index (χ0n) is 13.1. The molecule has 5 nitrogen and oxygen atoms in total. The number of likely N-dealkylation sites (N-methyl/N-ethyl adjacent to an activating group) is 1. The summed E-state index contributed by atoms with van der Waals surface area (Å²) in [4.78, 5) is 0.240. The minimum atomic E-state index is -3.24. The lowest BCUT2D eigenvalue weighted by molar-refractivity contribution is 0.111. The van der Waals surface area contributed by atoms with E-state index in [-0.39, 0.29) is 17.6 Å². The minimum Gasteiger partial charge on any atom is -0.491 e. The third kappa shape index (κ3) is 5.65. The Hall–Kier alpha value is -1.11. The summed E-state index contributed by atoms with van der Waals surface area (Å²) in [6.07, 6.45) is 1.63. The van der Waals surface area contributed by atoms with E-state index in [1.165, 1.54) is 12.3 Å². The van der Waals surface area contributed by atoms with Gasteiger partial charge < -0.3 is 15.2 Å². The molecule has 0 aliphatic rings. The summed E-state index contributed by atoms with van der Waals surface area (Å²) in [5.41, 5.74) is -0.414. The molecule has 0 saturated carbocycles. The van der Waals surface area contributed by atoms with Crippen molar-refractivity contribution in [2.24, 2.45) is 0 Å². The Kier molecular flexibility index (Phi) is 6.19. The van der Waals surface area contributed by atoms with Gasteiger partial charge >= 0.3 is 0 Å². The van der Waals surface area contributed by atoms with Crippen molar-refractivity contribution in [1.82, 2.24) is 5.32 Å². The number of aliphatic hydroxyl groups excluding tert-OH is 1. The number of nitrogens with one attached hydrogen (secondary N) is 1. The maximum Gasteiger partial charge on any atom is 0.175 e. The van der Waals surface area contributed by atoms with E-state index >= 15 is 0 Å². The molecule has 2 atom stereocenters. The van der Waals surface area contributed by atoms with Crippen molar-refractivity contribution in [2.75, 3.05) is 19.4 Å². The van der Waals surface area contributed by atoms with Crippen LogP contribution in [0.1, 0.15) is 27.2 Å². The van der Waals surface area contributed by atoms with Gasteiger partial charge in [-0.1, -0.05) is 13.0 Å². The van der Waals surface area contributed by atoms with Crippen LogP contribution in [0.3, 0.4) is 0 Å². The predicted molar refractivity (Wildman–Crippen MR) is 83.4 cm³/mol. The largest absolute Gasteiger partial charge is 0.491 e. The van der Waals surface area contributed by atoms with Crippen molar-refractivity contribution in [1.29, 1.82) is 0 Å². The van der Waals surface area contributed by atoms with Gasteiger partial charge in [0.25, 0.3) is 0 Å². The van der Waals surface area contributed by atoms with Crippen LogP contribution in [0, 0.1) is 0 Å². The Morgan fingerprint density at radius 3 is 2.62 bits per heavy atom. The van der Waals surface area contributed by atoms with E-state index in [1.54, 1.807) is 18.2 Å². The van der Waals surface area contributed by atoms with Gasteiger partial charge in [-0.2, -0.15) is 0 Å². The summed E-state index contributed by atoms with van der Waals surface area (Å²) in [6.45, 7) is 6.59. The molecule has 21 heavy (non-hydrogen) atoms. The van der Waals surface area contributed by atoms with Gasteiger partial charge in [-0.05, 0) is 38.6 Å². The summed E-state index contributed by atoms with van der Waals surface area (Å²) in [5.74, 6) is 0.516. The van der Waals surface area contributed by atoms with Crippen molar-refractivity contribution in [3.05, 3.63) is 24.3 Å². The molecule has 0 fully saturated rings. The van der Waals surface area contributed by atoms with Crippen LogP contribution in [0.5, 0.6) is 5.75 Å². The number of hydrogen-bond donors (Lipinski definition) is 2. The number of rotatable bonds is 8. The average molecular weight is 315 g/mol. The van der Waals surface area contributed by atoms with Crippen molar-refractivity contribution in [2.45, 2.75) is 43.7 Å². The lowest BCUT2D eigenvalue weighted by atomic mass is 9.95. The van der Waals surface area contributed by atoms with E-state index in [1.807, 2.05) is 20.8 Å². The van der Waals surface area contributed by atoms with Gasteiger partial charge in [0.1, 0.15) is 5.75 Å². The van der Waals surface area contributed by atoms with Crippen LogP contribution in [0.4, 0.5) is 0 Å². The molecule has 120 valence electrons. The van der Waals surface area contributed by atoms with Crippen LogP contribution in [0.25, 0.3) is 0 Å².